The quantitative estimate of drug-likeness (QED) is 0.190. The second-order valence-corrected chi connectivity index (χ2v) is 10.7. The number of nitrogens with two attached hydrogens (primary N) is 1. The molecule has 44 heavy (non-hydrogen) atoms. The third kappa shape index (κ3) is 6.97. The lowest BCUT2D eigenvalue weighted by Gasteiger charge is -2.20. The smallest absolute Gasteiger partial charge is 0.321 e. The van der Waals surface area contributed by atoms with Crippen LogP contribution >= 0.6 is 11.6 Å². The van der Waals surface area contributed by atoms with E-state index in [0.29, 0.717) is 46.6 Å². The number of benzene rings is 3. The first-order valence-corrected chi connectivity index (χ1v) is 14.2. The maximum absolute atomic E-state index is 14.6. The molecule has 4 N–H and O–H groups in total. The predicted molar refractivity (Wildman–Crippen MR) is 160 cm³/mol. The second-order valence-electron chi connectivity index (χ2n) is 10.3. The fourth-order valence-electron chi connectivity index (χ4n) is 5.23. The Kier molecular flexibility index (Phi) is 9.38. The Morgan fingerprint density at radius 3 is 2.68 bits per heavy atom. The fourth-order valence-corrected chi connectivity index (χ4v) is 5.46. The lowest BCUT2D eigenvalue weighted by molar-refractivity contribution is -0.141. The van der Waals surface area contributed by atoms with Crippen molar-refractivity contribution in [3.63, 3.8) is 0 Å². The SMILES string of the molecule is N#Cc1cncc(COc2cc(O[C@H]3CCc4c(-c5ccccc5F)cccc43)c(Cl)cc2CN[C@@H](CC(N)=O)C(=O)O)c1. The number of nitrogens with zero attached hydrogens (tertiary/aromatic N) is 2. The molecule has 1 amide bonds. The number of aromatic nitrogens is 1. The Morgan fingerprint density at radius 2 is 1.93 bits per heavy atom. The van der Waals surface area contributed by atoms with Gasteiger partial charge in [0.25, 0.3) is 0 Å². The summed E-state index contributed by atoms with van der Waals surface area (Å²) < 4.78 is 27.2. The molecule has 0 saturated carbocycles. The lowest BCUT2D eigenvalue weighted by atomic mass is 9.96. The molecule has 1 aromatic heterocycles. The number of amides is 1. The van der Waals surface area contributed by atoms with E-state index >= 15 is 0 Å². The summed E-state index contributed by atoms with van der Waals surface area (Å²) in [4.78, 5) is 27.1. The van der Waals surface area contributed by atoms with Crippen LogP contribution in [0.2, 0.25) is 5.02 Å². The van der Waals surface area contributed by atoms with Gasteiger partial charge < -0.3 is 20.3 Å². The number of carboxylic acids is 1. The average Bonchev–Trinajstić information content (AvgIpc) is 3.42. The number of hydrogen-bond donors (Lipinski definition) is 3. The maximum Gasteiger partial charge on any atom is 0.321 e. The van der Waals surface area contributed by atoms with Crippen LogP contribution in [-0.4, -0.2) is 28.0 Å². The van der Waals surface area contributed by atoms with Gasteiger partial charge in [-0.05, 0) is 47.7 Å². The lowest BCUT2D eigenvalue weighted by Crippen LogP contribution is -2.39. The highest BCUT2D eigenvalue weighted by Crippen LogP contribution is 2.43. The van der Waals surface area contributed by atoms with Crippen molar-refractivity contribution in [2.75, 3.05) is 0 Å². The van der Waals surface area contributed by atoms with Gasteiger partial charge >= 0.3 is 5.97 Å². The Hall–Kier alpha value is -4.98. The summed E-state index contributed by atoms with van der Waals surface area (Å²) >= 11 is 6.68. The number of nitrogens with one attached hydrogen (secondary N) is 1. The number of carboxylic acid groups (broad SMARTS) is 1. The van der Waals surface area contributed by atoms with Gasteiger partial charge in [-0.25, -0.2) is 4.39 Å². The zero-order valence-electron chi connectivity index (χ0n) is 23.4. The van der Waals surface area contributed by atoms with Crippen LogP contribution in [0.1, 0.15) is 46.8 Å². The van der Waals surface area contributed by atoms with Crippen LogP contribution in [0, 0.1) is 17.1 Å². The van der Waals surface area contributed by atoms with Gasteiger partial charge in [0.2, 0.25) is 5.91 Å². The van der Waals surface area contributed by atoms with Gasteiger partial charge in [0.1, 0.15) is 42.1 Å². The van der Waals surface area contributed by atoms with E-state index in [0.717, 1.165) is 16.7 Å². The minimum atomic E-state index is -1.23. The summed E-state index contributed by atoms with van der Waals surface area (Å²) in [5, 5.41) is 21.8. The van der Waals surface area contributed by atoms with E-state index in [9.17, 15) is 24.3 Å². The number of ether oxygens (including phenoxy) is 2. The first-order chi connectivity index (χ1) is 21.2. The van der Waals surface area contributed by atoms with Gasteiger partial charge in [-0.2, -0.15) is 5.26 Å². The standard InChI is InChI=1S/C33H28ClFN4O5/c34-26-11-21(17-39-28(33(41)42)12-32(37)40)30(43-18-20-10-19(14-36)15-38-16-20)13-31(26)44-29-9-8-23-22(5-3-6-25(23)29)24-4-1-2-7-27(24)35/h1-7,10-11,13,15-16,28-29,39H,8-9,12,17-18H2,(H2,37,40)(H,41,42)/t28-,29-/m0/s1. The van der Waals surface area contributed by atoms with Crippen LogP contribution in [0.3, 0.4) is 0 Å². The maximum atomic E-state index is 14.6. The summed E-state index contributed by atoms with van der Waals surface area (Å²) in [5.41, 5.74) is 10.0. The molecule has 2 atom stereocenters. The Morgan fingerprint density at radius 1 is 1.14 bits per heavy atom. The largest absolute Gasteiger partial charge is 0.488 e. The first kappa shape index (κ1) is 30.5. The van der Waals surface area contributed by atoms with E-state index in [2.05, 4.69) is 10.3 Å². The van der Waals surface area contributed by atoms with Crippen molar-refractivity contribution in [1.29, 1.82) is 5.26 Å². The molecule has 1 aliphatic carbocycles. The molecule has 0 spiro atoms. The molecule has 1 aliphatic rings. The molecule has 1 heterocycles. The number of primary amides is 1. The summed E-state index contributed by atoms with van der Waals surface area (Å²) in [6, 6.07) is 18.1. The van der Waals surface area contributed by atoms with E-state index in [1.807, 2.05) is 24.3 Å². The molecule has 9 nitrogen and oxygen atoms in total. The Balaban J connectivity index is 1.43. The molecule has 224 valence electrons. The van der Waals surface area contributed by atoms with Crippen molar-refractivity contribution in [3.8, 4) is 28.7 Å². The molecule has 0 bridgehead atoms. The molecule has 0 radical (unpaired) electrons. The minimum absolute atomic E-state index is 0.00563. The Bertz CT molecular complexity index is 1760. The highest BCUT2D eigenvalue weighted by Gasteiger charge is 2.28. The summed E-state index contributed by atoms with van der Waals surface area (Å²) in [6.07, 6.45) is 3.59. The molecule has 0 saturated heterocycles. The molecule has 0 aliphatic heterocycles. The van der Waals surface area contributed by atoms with E-state index in [1.165, 1.54) is 12.3 Å². The molecule has 0 unspecified atom stereocenters. The molecule has 4 aromatic rings. The number of fused-ring (bicyclic) bond motifs is 1. The Labute approximate surface area is 258 Å². The number of pyridine rings is 1. The minimum Gasteiger partial charge on any atom is -0.488 e. The van der Waals surface area contributed by atoms with Gasteiger partial charge in [-0.15, -0.1) is 0 Å². The average molecular weight is 615 g/mol. The molecule has 11 heteroatoms. The van der Waals surface area contributed by atoms with Crippen LogP contribution in [0.25, 0.3) is 11.1 Å². The zero-order chi connectivity index (χ0) is 31.2. The van der Waals surface area contributed by atoms with E-state index in [4.69, 9.17) is 26.8 Å². The monoisotopic (exact) mass is 614 g/mol. The third-order valence-electron chi connectivity index (χ3n) is 7.32. The third-order valence-corrected chi connectivity index (χ3v) is 7.62. The molecular weight excluding hydrogens is 587 g/mol. The van der Waals surface area contributed by atoms with E-state index in [1.54, 1.807) is 42.6 Å². The van der Waals surface area contributed by atoms with Gasteiger partial charge in [0.15, 0.2) is 0 Å². The van der Waals surface area contributed by atoms with Crippen molar-refractivity contribution in [1.82, 2.24) is 10.3 Å². The fraction of sp³-hybridized carbons (Fsp3) is 0.212. The summed E-state index contributed by atoms with van der Waals surface area (Å²) in [5.74, 6) is -1.60. The number of carbonyl (C=O) groups excluding carboxylic acids is 1. The number of aliphatic carboxylic acids is 1. The van der Waals surface area contributed by atoms with E-state index < -0.39 is 24.3 Å². The second kappa shape index (κ2) is 13.5. The van der Waals surface area contributed by atoms with Crippen molar-refractivity contribution < 1.29 is 28.6 Å². The number of halogens is 2. The van der Waals surface area contributed by atoms with Crippen molar-refractivity contribution in [3.05, 3.63) is 112 Å². The molecule has 5 rings (SSSR count). The van der Waals surface area contributed by atoms with Crippen molar-refractivity contribution in [2.45, 2.75) is 44.6 Å². The van der Waals surface area contributed by atoms with Crippen LogP contribution in [-0.2, 0) is 29.2 Å². The molecule has 0 fully saturated rings. The van der Waals surface area contributed by atoms with Crippen LogP contribution in [0.5, 0.6) is 11.5 Å². The predicted octanol–water partition coefficient (Wildman–Crippen LogP) is 5.48. The topological polar surface area (TPSA) is 148 Å². The summed E-state index contributed by atoms with van der Waals surface area (Å²) in [6.45, 7) is 0.0484. The normalized spacial score (nSPS) is 14.3. The highest BCUT2D eigenvalue weighted by atomic mass is 35.5. The molecular formula is C33H28ClFN4O5. The van der Waals surface area contributed by atoms with Crippen molar-refractivity contribution >= 4 is 23.5 Å². The zero-order valence-corrected chi connectivity index (χ0v) is 24.2. The number of carbonyl (C=O) groups is 2. The number of rotatable bonds is 12. The van der Waals surface area contributed by atoms with Crippen LogP contribution < -0.4 is 20.5 Å². The van der Waals surface area contributed by atoms with Gasteiger partial charge in [0, 0.05) is 41.7 Å². The summed E-state index contributed by atoms with van der Waals surface area (Å²) in [7, 11) is 0. The van der Waals surface area contributed by atoms with Crippen LogP contribution in [0.15, 0.2) is 73.1 Å². The van der Waals surface area contributed by atoms with Crippen LogP contribution in [0.4, 0.5) is 4.39 Å². The number of hydrogen-bond acceptors (Lipinski definition) is 7. The molecule has 3 aromatic carbocycles. The van der Waals surface area contributed by atoms with Gasteiger partial charge in [-0.1, -0.05) is 48.0 Å². The van der Waals surface area contributed by atoms with E-state index in [-0.39, 0.29) is 30.1 Å². The van der Waals surface area contributed by atoms with Gasteiger partial charge in [0.05, 0.1) is 17.0 Å². The first-order valence-electron chi connectivity index (χ1n) is 13.8. The highest BCUT2D eigenvalue weighted by molar-refractivity contribution is 6.32. The van der Waals surface area contributed by atoms with Crippen molar-refractivity contribution in [2.24, 2.45) is 5.73 Å². The van der Waals surface area contributed by atoms with Gasteiger partial charge in [-0.3, -0.25) is 19.9 Å². The number of nitriles is 1.